The van der Waals surface area contributed by atoms with Crippen LogP contribution in [0.15, 0.2) is 36.7 Å². The number of aryl methyl sites for hydroxylation is 1. The summed E-state index contributed by atoms with van der Waals surface area (Å²) >= 11 is 0. The predicted molar refractivity (Wildman–Crippen MR) is 78.9 cm³/mol. The Morgan fingerprint density at radius 3 is 3.05 bits per heavy atom. The number of imidazole rings is 1. The number of hydrogen-bond donors (Lipinski definition) is 1. The number of hydrogen-bond acceptors (Lipinski definition) is 3. The highest BCUT2D eigenvalue weighted by Crippen LogP contribution is 2.33. The van der Waals surface area contributed by atoms with Crippen LogP contribution in [0.2, 0.25) is 0 Å². The lowest BCUT2D eigenvalue weighted by molar-refractivity contribution is 0.176. The summed E-state index contributed by atoms with van der Waals surface area (Å²) in [5.74, 6) is 2.07. The molecular weight excluding hydrogens is 250 g/mol. The molecular formula is C16H21N3O. The molecule has 2 heterocycles. The average Bonchev–Trinajstić information content (AvgIpc) is 3.07. The Labute approximate surface area is 119 Å². The summed E-state index contributed by atoms with van der Waals surface area (Å²) in [5, 5.41) is 3.37. The van der Waals surface area contributed by atoms with Gasteiger partial charge >= 0.3 is 0 Å². The molecule has 0 saturated carbocycles. The van der Waals surface area contributed by atoms with Gasteiger partial charge in [-0.05, 0) is 25.1 Å². The van der Waals surface area contributed by atoms with E-state index in [9.17, 15) is 0 Å². The second-order valence-corrected chi connectivity index (χ2v) is 5.21. The maximum atomic E-state index is 6.10. The summed E-state index contributed by atoms with van der Waals surface area (Å²) < 4.78 is 8.32. The molecule has 0 spiro atoms. The smallest absolute Gasteiger partial charge is 0.129 e. The number of ether oxygens (including phenoxy) is 1. The van der Waals surface area contributed by atoms with Crippen LogP contribution < -0.4 is 10.1 Å². The van der Waals surface area contributed by atoms with E-state index in [1.54, 1.807) is 0 Å². The summed E-state index contributed by atoms with van der Waals surface area (Å²) in [6, 6.07) is 8.38. The molecule has 106 valence electrons. The minimum Gasteiger partial charge on any atom is -0.488 e. The molecule has 1 aliphatic rings. The molecule has 2 unspecified atom stereocenters. The van der Waals surface area contributed by atoms with Gasteiger partial charge in [0.15, 0.2) is 0 Å². The second kappa shape index (κ2) is 5.67. The number of fused-ring (bicyclic) bond motifs is 1. The molecule has 0 bridgehead atoms. The van der Waals surface area contributed by atoms with Gasteiger partial charge < -0.3 is 14.6 Å². The Morgan fingerprint density at radius 2 is 2.30 bits per heavy atom. The molecule has 0 fully saturated rings. The summed E-state index contributed by atoms with van der Waals surface area (Å²) in [7, 11) is 1.97. The Hall–Kier alpha value is -1.81. The highest BCUT2D eigenvalue weighted by Gasteiger charge is 2.32. The highest BCUT2D eigenvalue weighted by molar-refractivity contribution is 5.38. The first-order valence-corrected chi connectivity index (χ1v) is 7.26. The normalized spacial score (nSPS) is 18.6. The van der Waals surface area contributed by atoms with E-state index in [0.29, 0.717) is 0 Å². The molecule has 2 atom stereocenters. The van der Waals surface area contributed by atoms with Crippen molar-refractivity contribution >= 4 is 0 Å². The maximum absolute atomic E-state index is 6.10. The van der Waals surface area contributed by atoms with Crippen molar-refractivity contribution in [2.24, 2.45) is 0 Å². The minimum atomic E-state index is 0.107. The van der Waals surface area contributed by atoms with Gasteiger partial charge in [-0.25, -0.2) is 4.98 Å². The number of nitrogens with zero attached hydrogens (tertiary/aromatic N) is 2. The average molecular weight is 271 g/mol. The monoisotopic (exact) mass is 271 g/mol. The van der Waals surface area contributed by atoms with Crippen LogP contribution in [0.5, 0.6) is 5.75 Å². The van der Waals surface area contributed by atoms with Crippen LogP contribution in [0.4, 0.5) is 0 Å². The van der Waals surface area contributed by atoms with E-state index in [1.807, 2.05) is 31.6 Å². The largest absolute Gasteiger partial charge is 0.488 e. The highest BCUT2D eigenvalue weighted by atomic mass is 16.5. The Bertz CT molecular complexity index is 554. The van der Waals surface area contributed by atoms with Crippen molar-refractivity contribution in [1.82, 2.24) is 14.9 Å². The predicted octanol–water partition coefficient (Wildman–Crippen LogP) is 2.56. The molecule has 3 rings (SSSR count). The van der Waals surface area contributed by atoms with Gasteiger partial charge in [0.05, 0.1) is 0 Å². The fourth-order valence-electron chi connectivity index (χ4n) is 2.91. The molecule has 1 aromatic carbocycles. The van der Waals surface area contributed by atoms with E-state index in [2.05, 4.69) is 33.9 Å². The fourth-order valence-corrected chi connectivity index (χ4v) is 2.91. The SMILES string of the molecule is CCCn1ccnc1C(NC)C1Cc2ccccc2O1. The van der Waals surface area contributed by atoms with Crippen molar-refractivity contribution in [3.8, 4) is 5.75 Å². The lowest BCUT2D eigenvalue weighted by Gasteiger charge is -2.23. The van der Waals surface area contributed by atoms with E-state index in [0.717, 1.165) is 31.0 Å². The van der Waals surface area contributed by atoms with Crippen LogP contribution in [-0.2, 0) is 13.0 Å². The maximum Gasteiger partial charge on any atom is 0.129 e. The first kappa shape index (κ1) is 13.2. The molecule has 1 N–H and O–H groups in total. The molecule has 0 saturated heterocycles. The molecule has 0 radical (unpaired) electrons. The summed E-state index contributed by atoms with van der Waals surface area (Å²) in [5.41, 5.74) is 1.28. The van der Waals surface area contributed by atoms with Crippen molar-refractivity contribution in [1.29, 1.82) is 0 Å². The van der Waals surface area contributed by atoms with Crippen LogP contribution in [0.1, 0.15) is 30.8 Å². The third-order valence-corrected chi connectivity index (χ3v) is 3.85. The third-order valence-electron chi connectivity index (χ3n) is 3.85. The lowest BCUT2D eigenvalue weighted by atomic mass is 10.0. The number of likely N-dealkylation sites (N-methyl/N-ethyl adjacent to an activating group) is 1. The van der Waals surface area contributed by atoms with Crippen molar-refractivity contribution in [2.75, 3.05) is 7.05 Å². The molecule has 0 amide bonds. The van der Waals surface area contributed by atoms with Crippen LogP contribution in [0.25, 0.3) is 0 Å². The van der Waals surface area contributed by atoms with Gasteiger partial charge in [0.2, 0.25) is 0 Å². The van der Waals surface area contributed by atoms with Crippen molar-refractivity contribution in [3.05, 3.63) is 48.0 Å². The summed E-state index contributed by atoms with van der Waals surface area (Å²) in [6.07, 6.45) is 6.06. The lowest BCUT2D eigenvalue weighted by Crippen LogP contribution is -2.35. The van der Waals surface area contributed by atoms with Gasteiger partial charge in [0.25, 0.3) is 0 Å². The van der Waals surface area contributed by atoms with Crippen LogP contribution in [0, 0.1) is 0 Å². The number of aromatic nitrogens is 2. The Morgan fingerprint density at radius 1 is 1.45 bits per heavy atom. The van der Waals surface area contributed by atoms with Gasteiger partial charge in [-0.2, -0.15) is 0 Å². The topological polar surface area (TPSA) is 39.1 Å². The Balaban J connectivity index is 1.83. The van der Waals surface area contributed by atoms with E-state index < -0.39 is 0 Å². The van der Waals surface area contributed by atoms with Gasteiger partial charge in [-0.15, -0.1) is 0 Å². The summed E-state index contributed by atoms with van der Waals surface area (Å²) in [6.45, 7) is 3.17. The molecule has 2 aromatic rings. The number of rotatable bonds is 5. The van der Waals surface area contributed by atoms with Gasteiger partial charge in [0.1, 0.15) is 23.7 Å². The molecule has 4 heteroatoms. The number of para-hydroxylation sites is 1. The van der Waals surface area contributed by atoms with Crippen molar-refractivity contribution in [2.45, 2.75) is 38.5 Å². The quantitative estimate of drug-likeness (QED) is 0.908. The zero-order valence-electron chi connectivity index (χ0n) is 12.0. The number of benzene rings is 1. The third kappa shape index (κ3) is 2.31. The van der Waals surface area contributed by atoms with E-state index in [-0.39, 0.29) is 12.1 Å². The minimum absolute atomic E-state index is 0.107. The van der Waals surface area contributed by atoms with E-state index in [4.69, 9.17) is 4.74 Å². The zero-order valence-corrected chi connectivity index (χ0v) is 12.0. The molecule has 1 aliphatic heterocycles. The van der Waals surface area contributed by atoms with Crippen LogP contribution in [-0.4, -0.2) is 22.7 Å². The van der Waals surface area contributed by atoms with Crippen molar-refractivity contribution < 1.29 is 4.74 Å². The fraction of sp³-hybridized carbons (Fsp3) is 0.438. The molecule has 20 heavy (non-hydrogen) atoms. The molecule has 4 nitrogen and oxygen atoms in total. The van der Waals surface area contributed by atoms with E-state index in [1.165, 1.54) is 5.56 Å². The molecule has 1 aromatic heterocycles. The van der Waals surface area contributed by atoms with Crippen molar-refractivity contribution in [3.63, 3.8) is 0 Å². The molecule has 0 aliphatic carbocycles. The van der Waals surface area contributed by atoms with E-state index >= 15 is 0 Å². The second-order valence-electron chi connectivity index (χ2n) is 5.21. The van der Waals surface area contributed by atoms with Gasteiger partial charge in [0, 0.05) is 25.4 Å². The first-order valence-electron chi connectivity index (χ1n) is 7.26. The van der Waals surface area contributed by atoms with Crippen LogP contribution >= 0.6 is 0 Å². The zero-order chi connectivity index (χ0) is 13.9. The Kier molecular flexibility index (Phi) is 3.74. The van der Waals surface area contributed by atoms with Crippen LogP contribution in [0.3, 0.4) is 0 Å². The van der Waals surface area contributed by atoms with Gasteiger partial charge in [-0.3, -0.25) is 0 Å². The van der Waals surface area contributed by atoms with Gasteiger partial charge in [-0.1, -0.05) is 25.1 Å². The number of nitrogens with one attached hydrogen (secondary N) is 1. The first-order chi connectivity index (χ1) is 9.83. The summed E-state index contributed by atoms with van der Waals surface area (Å²) in [4.78, 5) is 4.53. The standard InChI is InChI=1S/C16H21N3O/c1-3-9-19-10-8-18-16(19)15(17-2)14-11-12-6-4-5-7-13(12)20-14/h4-8,10,14-15,17H,3,9,11H2,1-2H3.